The molecule has 0 radical (unpaired) electrons. The van der Waals surface area contributed by atoms with Gasteiger partial charge in [0.05, 0.1) is 12.7 Å². The van der Waals surface area contributed by atoms with Crippen molar-refractivity contribution in [2.75, 3.05) is 19.3 Å². The van der Waals surface area contributed by atoms with Crippen LogP contribution in [0.15, 0.2) is 30.3 Å². The molecule has 20 heavy (non-hydrogen) atoms. The highest BCUT2D eigenvalue weighted by Crippen LogP contribution is 2.13. The first-order chi connectivity index (χ1) is 9.44. The van der Waals surface area contributed by atoms with E-state index in [0.29, 0.717) is 19.5 Å². The van der Waals surface area contributed by atoms with Crippen LogP contribution in [0.2, 0.25) is 0 Å². The van der Waals surface area contributed by atoms with E-state index in [1.54, 1.807) is 4.90 Å². The van der Waals surface area contributed by atoms with Crippen LogP contribution in [0, 0.1) is 0 Å². The highest BCUT2D eigenvalue weighted by atomic mass is 32.2. The molecular weight excluding hydrogens is 276 g/mol. The van der Waals surface area contributed by atoms with Crippen LogP contribution in [-0.2, 0) is 21.2 Å². The molecule has 6 heteroatoms. The first kappa shape index (κ1) is 15.0. The normalized spacial score (nSPS) is 19.9. The number of sulfonamides is 1. The Morgan fingerprint density at radius 2 is 2.05 bits per heavy atom. The molecule has 1 N–H and O–H groups in total. The van der Waals surface area contributed by atoms with Crippen molar-refractivity contribution in [3.05, 3.63) is 35.9 Å². The fraction of sp³-hybridized carbons (Fsp3) is 0.500. The molecule has 1 fully saturated rings. The first-order valence-corrected chi connectivity index (χ1v) is 8.62. The van der Waals surface area contributed by atoms with Crippen LogP contribution in [-0.4, -0.2) is 44.6 Å². The molecule has 1 aliphatic heterocycles. The number of benzene rings is 1. The lowest BCUT2D eigenvalue weighted by molar-refractivity contribution is -0.131. The molecule has 0 aliphatic carbocycles. The molecule has 110 valence electrons. The summed E-state index contributed by atoms with van der Waals surface area (Å²) in [7, 11) is -3.22. The number of carbonyl (C=O) groups is 1. The highest BCUT2D eigenvalue weighted by Gasteiger charge is 2.25. The van der Waals surface area contributed by atoms with Crippen LogP contribution in [0.4, 0.5) is 0 Å². The minimum Gasteiger partial charge on any atom is -0.341 e. The van der Waals surface area contributed by atoms with Gasteiger partial charge < -0.3 is 4.90 Å². The van der Waals surface area contributed by atoms with Gasteiger partial charge in [-0.1, -0.05) is 30.3 Å². The molecule has 1 amide bonds. The highest BCUT2D eigenvalue weighted by molar-refractivity contribution is 7.88. The zero-order valence-corrected chi connectivity index (χ0v) is 12.4. The summed E-state index contributed by atoms with van der Waals surface area (Å²) >= 11 is 0. The molecule has 1 aromatic rings. The number of amides is 1. The average molecular weight is 296 g/mol. The lowest BCUT2D eigenvalue weighted by Gasteiger charge is -2.32. The van der Waals surface area contributed by atoms with E-state index in [-0.39, 0.29) is 11.9 Å². The zero-order valence-electron chi connectivity index (χ0n) is 11.6. The first-order valence-electron chi connectivity index (χ1n) is 6.73. The van der Waals surface area contributed by atoms with Crippen LogP contribution in [0.3, 0.4) is 0 Å². The number of carbonyl (C=O) groups excluding carboxylic acids is 1. The quantitative estimate of drug-likeness (QED) is 0.892. The van der Waals surface area contributed by atoms with Crippen LogP contribution in [0.25, 0.3) is 0 Å². The molecule has 1 saturated heterocycles. The Bertz CT molecular complexity index is 557. The van der Waals surface area contributed by atoms with E-state index in [1.807, 2.05) is 30.3 Å². The van der Waals surface area contributed by atoms with E-state index in [1.165, 1.54) is 0 Å². The fourth-order valence-corrected chi connectivity index (χ4v) is 3.28. The van der Waals surface area contributed by atoms with Crippen molar-refractivity contribution < 1.29 is 13.2 Å². The van der Waals surface area contributed by atoms with Crippen LogP contribution in [0.1, 0.15) is 18.4 Å². The smallest absolute Gasteiger partial charge is 0.227 e. The number of hydrogen-bond donors (Lipinski definition) is 1. The van der Waals surface area contributed by atoms with Gasteiger partial charge in [0.25, 0.3) is 0 Å². The van der Waals surface area contributed by atoms with Gasteiger partial charge in [-0.25, -0.2) is 13.1 Å². The predicted octanol–water partition coefficient (Wildman–Crippen LogP) is 0.769. The summed E-state index contributed by atoms with van der Waals surface area (Å²) in [5.74, 6) is 0.0520. The predicted molar refractivity (Wildman–Crippen MR) is 77.7 cm³/mol. The van der Waals surface area contributed by atoms with E-state index < -0.39 is 10.0 Å². The Kier molecular flexibility index (Phi) is 4.77. The Labute approximate surface area is 120 Å². The Morgan fingerprint density at radius 3 is 2.70 bits per heavy atom. The van der Waals surface area contributed by atoms with Crippen LogP contribution in [0.5, 0.6) is 0 Å². The van der Waals surface area contributed by atoms with E-state index in [2.05, 4.69) is 4.72 Å². The number of likely N-dealkylation sites (tertiary alicyclic amines) is 1. The molecule has 1 aliphatic rings. The molecule has 1 heterocycles. The van der Waals surface area contributed by atoms with E-state index >= 15 is 0 Å². The van der Waals surface area contributed by atoms with Gasteiger partial charge in [0.1, 0.15) is 0 Å². The average Bonchev–Trinajstić information content (AvgIpc) is 2.38. The fourth-order valence-electron chi connectivity index (χ4n) is 2.48. The van der Waals surface area contributed by atoms with Gasteiger partial charge >= 0.3 is 0 Å². The zero-order chi connectivity index (χ0) is 14.6. The summed E-state index contributed by atoms with van der Waals surface area (Å²) in [6.07, 6.45) is 3.13. The molecule has 2 rings (SSSR count). The van der Waals surface area contributed by atoms with Gasteiger partial charge in [-0.3, -0.25) is 4.79 Å². The number of hydrogen-bond acceptors (Lipinski definition) is 3. The Balaban J connectivity index is 1.93. The summed E-state index contributed by atoms with van der Waals surface area (Å²) in [4.78, 5) is 14.0. The minimum atomic E-state index is -3.22. The van der Waals surface area contributed by atoms with E-state index in [9.17, 15) is 13.2 Å². The number of piperidine rings is 1. The SMILES string of the molecule is CS(=O)(=O)N[C@@H]1CCCN(C(=O)Cc2ccccc2)C1. The molecule has 0 saturated carbocycles. The maximum Gasteiger partial charge on any atom is 0.227 e. The molecular formula is C14H20N2O3S. The summed E-state index contributed by atoms with van der Waals surface area (Å²) in [6, 6.07) is 9.42. The van der Waals surface area contributed by atoms with Gasteiger partial charge in [0.2, 0.25) is 15.9 Å². The second-order valence-corrected chi connectivity index (χ2v) is 7.01. The Morgan fingerprint density at radius 1 is 1.35 bits per heavy atom. The molecule has 0 bridgehead atoms. The lowest BCUT2D eigenvalue weighted by atomic mass is 10.1. The summed E-state index contributed by atoms with van der Waals surface area (Å²) in [5, 5.41) is 0. The maximum atomic E-state index is 12.2. The number of nitrogens with one attached hydrogen (secondary N) is 1. The van der Waals surface area contributed by atoms with Crippen molar-refractivity contribution in [3.63, 3.8) is 0 Å². The van der Waals surface area contributed by atoms with Gasteiger partial charge in [-0.05, 0) is 18.4 Å². The molecule has 1 atom stereocenters. The molecule has 5 nitrogen and oxygen atoms in total. The number of nitrogens with zero attached hydrogens (tertiary/aromatic N) is 1. The standard InChI is InChI=1S/C14H20N2O3S/c1-20(18,19)15-13-8-5-9-16(11-13)14(17)10-12-6-3-2-4-7-12/h2-4,6-7,13,15H,5,8-11H2,1H3/t13-/m1/s1. The van der Waals surface area contributed by atoms with Crippen LogP contribution < -0.4 is 4.72 Å². The van der Waals surface area contributed by atoms with E-state index in [4.69, 9.17) is 0 Å². The molecule has 0 aromatic heterocycles. The minimum absolute atomic E-state index is 0.0520. The third-order valence-electron chi connectivity index (χ3n) is 3.35. The van der Waals surface area contributed by atoms with Gasteiger partial charge in [-0.15, -0.1) is 0 Å². The van der Waals surface area contributed by atoms with Crippen molar-refractivity contribution in [1.82, 2.24) is 9.62 Å². The van der Waals surface area contributed by atoms with E-state index in [0.717, 1.165) is 24.7 Å². The Hall–Kier alpha value is -1.40. The van der Waals surface area contributed by atoms with Crippen molar-refractivity contribution in [3.8, 4) is 0 Å². The third kappa shape index (κ3) is 4.61. The maximum absolute atomic E-state index is 12.2. The third-order valence-corrected chi connectivity index (χ3v) is 4.11. The lowest BCUT2D eigenvalue weighted by Crippen LogP contribution is -2.49. The monoisotopic (exact) mass is 296 g/mol. The molecule has 1 aromatic carbocycles. The molecule has 0 unspecified atom stereocenters. The number of rotatable bonds is 4. The van der Waals surface area contributed by atoms with Crippen LogP contribution >= 0.6 is 0 Å². The second kappa shape index (κ2) is 6.37. The summed E-state index contributed by atoms with van der Waals surface area (Å²) in [6.45, 7) is 1.16. The van der Waals surface area contributed by atoms with Crippen molar-refractivity contribution in [2.45, 2.75) is 25.3 Å². The topological polar surface area (TPSA) is 66.5 Å². The van der Waals surface area contributed by atoms with Gasteiger partial charge in [-0.2, -0.15) is 0 Å². The van der Waals surface area contributed by atoms with Crippen molar-refractivity contribution in [2.24, 2.45) is 0 Å². The summed E-state index contributed by atoms with van der Waals surface area (Å²) in [5.41, 5.74) is 0.982. The van der Waals surface area contributed by atoms with Gasteiger partial charge in [0.15, 0.2) is 0 Å². The van der Waals surface area contributed by atoms with Gasteiger partial charge in [0, 0.05) is 19.1 Å². The summed E-state index contributed by atoms with van der Waals surface area (Å²) < 4.78 is 25.1. The largest absolute Gasteiger partial charge is 0.341 e. The molecule has 0 spiro atoms. The second-order valence-electron chi connectivity index (χ2n) is 5.23. The van der Waals surface area contributed by atoms with Crippen molar-refractivity contribution in [1.29, 1.82) is 0 Å². The van der Waals surface area contributed by atoms with Crippen molar-refractivity contribution >= 4 is 15.9 Å².